The summed E-state index contributed by atoms with van der Waals surface area (Å²) in [4.78, 5) is 37.6. The summed E-state index contributed by atoms with van der Waals surface area (Å²) in [6, 6.07) is 0. The number of likely N-dealkylation sites (N-methyl/N-ethyl adjacent to an activating group) is 1. The Morgan fingerprint density at radius 2 is 0.871 bits per heavy atom. The number of esters is 2. The smallest absolute Gasteiger partial charge is 0.306 e. The summed E-state index contributed by atoms with van der Waals surface area (Å²) in [5.74, 6) is -0.880. The summed E-state index contributed by atoms with van der Waals surface area (Å²) in [7, 11) is 1.15. The summed E-state index contributed by atoms with van der Waals surface area (Å²) in [5.41, 5.74) is 0. The van der Waals surface area contributed by atoms with Crippen molar-refractivity contribution in [3.8, 4) is 0 Å². The topological polar surface area (TPSA) is 111 Å². The summed E-state index contributed by atoms with van der Waals surface area (Å²) >= 11 is 0. The van der Waals surface area contributed by atoms with Gasteiger partial charge in [0, 0.05) is 12.8 Å². The second-order valence-electron chi connectivity index (χ2n) is 18.5. The van der Waals surface area contributed by atoms with E-state index in [1.165, 1.54) is 148 Å². The zero-order valence-electron chi connectivity index (χ0n) is 41.1. The summed E-state index contributed by atoms with van der Waals surface area (Å²) in [5, 5.41) is 0. The van der Waals surface area contributed by atoms with E-state index in [0.29, 0.717) is 23.9 Å². The van der Waals surface area contributed by atoms with Crippen LogP contribution in [0, 0.1) is 0 Å². The second kappa shape index (κ2) is 44.4. The highest BCUT2D eigenvalue weighted by atomic mass is 31.2. The molecular weight excluding hydrogens is 798 g/mol. The van der Waals surface area contributed by atoms with Crippen molar-refractivity contribution in [3.63, 3.8) is 0 Å². The predicted octanol–water partition coefficient (Wildman–Crippen LogP) is 14.6. The number of carbonyl (C=O) groups excluding carboxylic acids is 2. The fourth-order valence-electron chi connectivity index (χ4n) is 7.07. The van der Waals surface area contributed by atoms with Gasteiger partial charge in [-0.1, -0.05) is 192 Å². The lowest BCUT2D eigenvalue weighted by molar-refractivity contribution is -0.870. The Hall–Kier alpha value is -1.77. The van der Waals surface area contributed by atoms with Gasteiger partial charge in [0.15, 0.2) is 6.10 Å². The first-order valence-electron chi connectivity index (χ1n) is 25.7. The molecule has 0 saturated carbocycles. The Morgan fingerprint density at radius 1 is 0.484 bits per heavy atom. The van der Waals surface area contributed by atoms with Gasteiger partial charge >= 0.3 is 11.9 Å². The van der Waals surface area contributed by atoms with Crippen LogP contribution in [-0.4, -0.2) is 70.0 Å². The lowest BCUT2D eigenvalue weighted by Gasteiger charge is -2.28. The van der Waals surface area contributed by atoms with E-state index in [9.17, 15) is 19.0 Å². The summed E-state index contributed by atoms with van der Waals surface area (Å²) < 4.78 is 34.0. The Morgan fingerprint density at radius 3 is 1.34 bits per heavy atom. The van der Waals surface area contributed by atoms with Gasteiger partial charge in [0.1, 0.15) is 19.8 Å². The first kappa shape index (κ1) is 60.2. The third-order valence-corrected chi connectivity index (χ3v) is 12.1. The maximum Gasteiger partial charge on any atom is 0.306 e. The van der Waals surface area contributed by atoms with Crippen LogP contribution in [0.15, 0.2) is 36.5 Å². The lowest BCUT2D eigenvalue weighted by atomic mass is 10.0. The molecule has 0 bridgehead atoms. The number of phosphoric acid groups is 1. The molecular formula is C52H98NO8P. The number of unbranched alkanes of at least 4 members (excludes halogenated alkanes) is 27. The van der Waals surface area contributed by atoms with Crippen LogP contribution in [0.5, 0.6) is 0 Å². The zero-order valence-corrected chi connectivity index (χ0v) is 42.0. The van der Waals surface area contributed by atoms with E-state index < -0.39 is 32.5 Å². The molecule has 1 unspecified atom stereocenters. The molecule has 0 radical (unpaired) electrons. The van der Waals surface area contributed by atoms with Crippen LogP contribution in [0.25, 0.3) is 0 Å². The molecule has 0 aromatic rings. The molecule has 0 aliphatic carbocycles. The first-order valence-corrected chi connectivity index (χ1v) is 27.2. The Bertz CT molecular complexity index is 1150. The van der Waals surface area contributed by atoms with Crippen molar-refractivity contribution in [3.05, 3.63) is 36.5 Å². The molecule has 0 rings (SSSR count). The molecule has 0 heterocycles. The molecule has 0 aromatic heterocycles. The summed E-state index contributed by atoms with van der Waals surface area (Å²) in [6.07, 6.45) is 51.9. The van der Waals surface area contributed by atoms with E-state index in [1.54, 1.807) is 0 Å². The minimum absolute atomic E-state index is 0.0365. The molecule has 9 nitrogen and oxygen atoms in total. The van der Waals surface area contributed by atoms with Gasteiger partial charge in [-0.15, -0.1) is 0 Å². The quantitative estimate of drug-likeness (QED) is 0.0195. The van der Waals surface area contributed by atoms with Gasteiger partial charge in [-0.3, -0.25) is 14.2 Å². The fraction of sp³-hybridized carbons (Fsp3) is 0.846. The largest absolute Gasteiger partial charge is 0.756 e. The lowest BCUT2D eigenvalue weighted by Crippen LogP contribution is -2.37. The van der Waals surface area contributed by atoms with E-state index in [4.69, 9.17) is 18.5 Å². The van der Waals surface area contributed by atoms with E-state index in [1.807, 2.05) is 21.1 Å². The maximum absolute atomic E-state index is 12.7. The minimum atomic E-state index is -4.64. The van der Waals surface area contributed by atoms with Crippen LogP contribution >= 0.6 is 7.82 Å². The number of carbonyl (C=O) groups is 2. The van der Waals surface area contributed by atoms with E-state index in [2.05, 4.69) is 50.3 Å². The monoisotopic (exact) mass is 896 g/mol. The Balaban J connectivity index is 4.26. The normalized spacial score (nSPS) is 13.7. The van der Waals surface area contributed by atoms with Gasteiger partial charge < -0.3 is 27.9 Å². The first-order chi connectivity index (χ1) is 30.0. The molecule has 0 saturated heterocycles. The SMILES string of the molecule is CCCC/C=C/CCCCCCCCCCCC(=O)O[C@@H](COC(=O)CCC/C=C/CC/C=C/CCCCCCCCCCCCCCCC)COP(=O)([O-])OCC[N+](C)(C)C. The molecule has 364 valence electrons. The van der Waals surface area contributed by atoms with Crippen molar-refractivity contribution in [2.24, 2.45) is 0 Å². The van der Waals surface area contributed by atoms with Crippen molar-refractivity contribution >= 4 is 19.8 Å². The summed E-state index contributed by atoms with van der Waals surface area (Å²) in [6.45, 7) is 4.18. The Kier molecular flexibility index (Phi) is 43.2. The van der Waals surface area contributed by atoms with Crippen molar-refractivity contribution in [1.29, 1.82) is 0 Å². The van der Waals surface area contributed by atoms with Gasteiger partial charge in [-0.05, 0) is 64.2 Å². The maximum atomic E-state index is 12.7. The second-order valence-corrected chi connectivity index (χ2v) is 19.9. The highest BCUT2D eigenvalue weighted by Gasteiger charge is 2.21. The molecule has 0 amide bonds. The minimum Gasteiger partial charge on any atom is -0.756 e. The third-order valence-electron chi connectivity index (χ3n) is 11.1. The van der Waals surface area contributed by atoms with Gasteiger partial charge in [-0.2, -0.15) is 0 Å². The van der Waals surface area contributed by atoms with E-state index >= 15 is 0 Å². The van der Waals surface area contributed by atoms with Crippen molar-refractivity contribution < 1.29 is 42.1 Å². The molecule has 62 heavy (non-hydrogen) atoms. The van der Waals surface area contributed by atoms with Crippen molar-refractivity contribution in [2.75, 3.05) is 47.5 Å². The van der Waals surface area contributed by atoms with Crippen LogP contribution in [0.4, 0.5) is 0 Å². The molecule has 0 aromatic carbocycles. The van der Waals surface area contributed by atoms with Gasteiger partial charge in [0.2, 0.25) is 0 Å². The molecule has 0 fully saturated rings. The number of ether oxygens (including phenoxy) is 2. The molecule has 0 spiro atoms. The molecule has 10 heteroatoms. The van der Waals surface area contributed by atoms with Gasteiger partial charge in [-0.25, -0.2) is 0 Å². The highest BCUT2D eigenvalue weighted by Crippen LogP contribution is 2.38. The number of rotatable bonds is 47. The number of allylic oxidation sites excluding steroid dienone is 6. The predicted molar refractivity (Wildman–Crippen MR) is 259 cm³/mol. The van der Waals surface area contributed by atoms with Crippen LogP contribution in [0.3, 0.4) is 0 Å². The molecule has 0 aliphatic heterocycles. The number of hydrogen-bond donors (Lipinski definition) is 0. The standard InChI is InChI=1S/C52H98NO8P/c1-6-8-10-12-14-16-18-20-22-23-24-25-26-27-28-29-31-32-34-36-38-40-42-44-51(54)58-48-50(49-60-62(56,57)59-47-46-53(3,4)5)61-52(55)45-43-41-39-37-35-33-30-21-19-17-15-13-11-9-7-2/h13,15,29,31,36,38,50H,6-12,14,16-28,30,32-35,37,39-49H2,1-5H3/b15-13+,31-29+,38-36+/t50-/m0/s1. The van der Waals surface area contributed by atoms with E-state index in [-0.39, 0.29) is 26.1 Å². The van der Waals surface area contributed by atoms with Crippen molar-refractivity contribution in [2.45, 2.75) is 238 Å². The molecule has 2 atom stereocenters. The highest BCUT2D eigenvalue weighted by molar-refractivity contribution is 7.45. The van der Waals surface area contributed by atoms with Gasteiger partial charge in [0.05, 0.1) is 27.7 Å². The number of hydrogen-bond acceptors (Lipinski definition) is 8. The average Bonchev–Trinajstić information content (AvgIpc) is 3.23. The van der Waals surface area contributed by atoms with E-state index in [0.717, 1.165) is 44.9 Å². The number of phosphoric ester groups is 1. The number of quaternary nitrogens is 1. The Labute approximate surface area is 382 Å². The molecule has 0 aliphatic rings. The zero-order chi connectivity index (χ0) is 45.7. The van der Waals surface area contributed by atoms with Crippen LogP contribution in [-0.2, 0) is 32.7 Å². The van der Waals surface area contributed by atoms with Gasteiger partial charge in [0.25, 0.3) is 7.82 Å². The van der Waals surface area contributed by atoms with Crippen LogP contribution in [0.1, 0.15) is 232 Å². The fourth-order valence-corrected chi connectivity index (χ4v) is 7.80. The number of nitrogens with zero attached hydrogens (tertiary/aromatic N) is 1. The van der Waals surface area contributed by atoms with Crippen LogP contribution in [0.2, 0.25) is 0 Å². The molecule has 0 N–H and O–H groups in total. The van der Waals surface area contributed by atoms with Crippen LogP contribution < -0.4 is 4.89 Å². The average molecular weight is 896 g/mol. The third kappa shape index (κ3) is 47.7. The van der Waals surface area contributed by atoms with Crippen molar-refractivity contribution in [1.82, 2.24) is 0 Å².